The maximum atomic E-state index is 13.3. The van der Waals surface area contributed by atoms with Gasteiger partial charge >= 0.3 is 0 Å². The highest BCUT2D eigenvalue weighted by Crippen LogP contribution is 2.45. The van der Waals surface area contributed by atoms with E-state index in [-0.39, 0.29) is 23.4 Å². The van der Waals surface area contributed by atoms with E-state index in [2.05, 4.69) is 11.9 Å². The van der Waals surface area contributed by atoms with Crippen LogP contribution in [0.2, 0.25) is 10.0 Å². The van der Waals surface area contributed by atoms with Gasteiger partial charge in [0.15, 0.2) is 0 Å². The predicted molar refractivity (Wildman–Crippen MR) is 124 cm³/mol. The molecule has 2 N–H and O–H groups in total. The first-order valence-corrected chi connectivity index (χ1v) is 12.3. The SMILES string of the molecule is CC(O)c1ncc(Cl)c(CC(=O)N2CC[C@H]3[C@H](CCC(C)(C)O)CCC[C@@H]3[C@@H]2C)c1Cl. The van der Waals surface area contributed by atoms with Crippen molar-refractivity contribution in [2.24, 2.45) is 17.8 Å². The van der Waals surface area contributed by atoms with Crippen molar-refractivity contribution in [2.45, 2.75) is 90.4 Å². The number of nitrogens with zero attached hydrogens (tertiary/aromatic N) is 2. The van der Waals surface area contributed by atoms with E-state index in [9.17, 15) is 15.0 Å². The third-order valence-electron chi connectivity index (χ3n) is 7.35. The molecular formula is C24H36Cl2N2O3. The Bertz CT molecular complexity index is 794. The number of carbonyl (C=O) groups is 1. The van der Waals surface area contributed by atoms with Crippen LogP contribution in [0.25, 0.3) is 0 Å². The van der Waals surface area contributed by atoms with Crippen molar-refractivity contribution in [3.63, 3.8) is 0 Å². The second-order valence-electron chi connectivity index (χ2n) is 10.1. The number of aliphatic hydroxyl groups excluding tert-OH is 1. The summed E-state index contributed by atoms with van der Waals surface area (Å²) in [5.41, 5.74) is 0.270. The van der Waals surface area contributed by atoms with E-state index >= 15 is 0 Å². The van der Waals surface area contributed by atoms with Crippen molar-refractivity contribution < 1.29 is 15.0 Å². The summed E-state index contributed by atoms with van der Waals surface area (Å²) in [6, 6.07) is 0.173. The van der Waals surface area contributed by atoms with E-state index in [0.717, 1.165) is 32.2 Å². The van der Waals surface area contributed by atoms with Crippen LogP contribution in [0.3, 0.4) is 0 Å². The highest BCUT2D eigenvalue weighted by Gasteiger charge is 2.42. The first-order chi connectivity index (χ1) is 14.5. The van der Waals surface area contributed by atoms with Crippen molar-refractivity contribution in [2.75, 3.05) is 6.54 Å². The average molecular weight is 471 g/mol. The van der Waals surface area contributed by atoms with Crippen molar-refractivity contribution >= 4 is 29.1 Å². The Morgan fingerprint density at radius 3 is 2.65 bits per heavy atom. The minimum atomic E-state index is -0.823. The van der Waals surface area contributed by atoms with Crippen molar-refractivity contribution in [1.29, 1.82) is 0 Å². The summed E-state index contributed by atoms with van der Waals surface area (Å²) in [4.78, 5) is 19.4. The van der Waals surface area contributed by atoms with E-state index in [4.69, 9.17) is 23.2 Å². The molecule has 1 unspecified atom stereocenters. The van der Waals surface area contributed by atoms with Gasteiger partial charge in [0.2, 0.25) is 5.91 Å². The second-order valence-corrected chi connectivity index (χ2v) is 10.9. The number of rotatable bonds is 6. The number of fused-ring (bicyclic) bond motifs is 1. The number of pyridine rings is 1. The molecule has 7 heteroatoms. The van der Waals surface area contributed by atoms with Crippen LogP contribution in [-0.4, -0.2) is 44.2 Å². The minimum Gasteiger partial charge on any atom is -0.390 e. The molecule has 1 aliphatic carbocycles. The van der Waals surface area contributed by atoms with E-state index in [1.807, 2.05) is 18.7 Å². The van der Waals surface area contributed by atoms with Crippen molar-refractivity contribution in [1.82, 2.24) is 9.88 Å². The molecule has 2 fully saturated rings. The Labute approximate surface area is 196 Å². The van der Waals surface area contributed by atoms with Crippen LogP contribution in [0.4, 0.5) is 0 Å². The smallest absolute Gasteiger partial charge is 0.227 e. The van der Waals surface area contributed by atoms with Crippen LogP contribution >= 0.6 is 23.2 Å². The molecule has 1 aromatic heterocycles. The highest BCUT2D eigenvalue weighted by molar-refractivity contribution is 6.36. The van der Waals surface area contributed by atoms with Crippen LogP contribution in [-0.2, 0) is 11.2 Å². The van der Waals surface area contributed by atoms with Crippen LogP contribution in [0.5, 0.6) is 0 Å². The lowest BCUT2D eigenvalue weighted by Gasteiger charge is -2.50. The third kappa shape index (κ3) is 5.73. The molecule has 174 valence electrons. The molecule has 0 radical (unpaired) electrons. The van der Waals surface area contributed by atoms with Crippen LogP contribution in [0.1, 0.15) is 83.6 Å². The molecule has 0 aromatic carbocycles. The zero-order chi connectivity index (χ0) is 22.9. The van der Waals surface area contributed by atoms with Gasteiger partial charge in [0, 0.05) is 24.3 Å². The Morgan fingerprint density at radius 1 is 1.29 bits per heavy atom. The third-order valence-corrected chi connectivity index (χ3v) is 8.10. The zero-order valence-corrected chi connectivity index (χ0v) is 20.6. The van der Waals surface area contributed by atoms with Crippen molar-refractivity contribution in [3.05, 3.63) is 27.5 Å². The van der Waals surface area contributed by atoms with Gasteiger partial charge < -0.3 is 15.1 Å². The lowest BCUT2D eigenvalue weighted by atomic mass is 9.64. The molecule has 3 rings (SSSR count). The molecule has 2 aliphatic rings. The largest absolute Gasteiger partial charge is 0.390 e. The molecule has 1 amide bonds. The maximum Gasteiger partial charge on any atom is 0.227 e. The minimum absolute atomic E-state index is 0.0242. The Hall–Kier alpha value is -0.880. The van der Waals surface area contributed by atoms with E-state index in [1.54, 1.807) is 6.92 Å². The molecule has 1 aromatic rings. The number of amides is 1. The number of halogens is 2. The molecule has 1 saturated heterocycles. The van der Waals surface area contributed by atoms with Gasteiger partial charge in [0.05, 0.1) is 33.9 Å². The lowest BCUT2D eigenvalue weighted by Crippen LogP contribution is -2.53. The quantitative estimate of drug-likeness (QED) is 0.599. The first-order valence-electron chi connectivity index (χ1n) is 11.5. The highest BCUT2D eigenvalue weighted by atomic mass is 35.5. The summed E-state index contributed by atoms with van der Waals surface area (Å²) in [6.45, 7) is 8.27. The number of carbonyl (C=O) groups excluding carboxylic acids is 1. The van der Waals surface area contributed by atoms with E-state index < -0.39 is 11.7 Å². The second kappa shape index (κ2) is 9.94. The van der Waals surface area contributed by atoms with Gasteiger partial charge in [-0.3, -0.25) is 9.78 Å². The van der Waals surface area contributed by atoms with Gasteiger partial charge in [-0.05, 0) is 71.1 Å². The number of hydrogen-bond acceptors (Lipinski definition) is 4. The topological polar surface area (TPSA) is 73.7 Å². The van der Waals surface area contributed by atoms with Crippen molar-refractivity contribution in [3.8, 4) is 0 Å². The van der Waals surface area contributed by atoms with Gasteiger partial charge in [-0.1, -0.05) is 36.0 Å². The maximum absolute atomic E-state index is 13.3. The van der Waals surface area contributed by atoms with Gasteiger partial charge in [-0.2, -0.15) is 0 Å². The van der Waals surface area contributed by atoms with E-state index in [0.29, 0.717) is 34.0 Å². The molecule has 1 aliphatic heterocycles. The van der Waals surface area contributed by atoms with Gasteiger partial charge in [0.25, 0.3) is 0 Å². The molecule has 0 bridgehead atoms. The number of piperidine rings is 1. The molecule has 31 heavy (non-hydrogen) atoms. The number of hydrogen-bond donors (Lipinski definition) is 2. The summed E-state index contributed by atoms with van der Waals surface area (Å²) >= 11 is 12.7. The van der Waals surface area contributed by atoms with Gasteiger partial charge in [-0.25, -0.2) is 0 Å². The Morgan fingerprint density at radius 2 is 2.00 bits per heavy atom. The number of aromatic nitrogens is 1. The fourth-order valence-corrected chi connectivity index (χ4v) is 6.27. The Kier molecular flexibility index (Phi) is 7.94. The summed E-state index contributed by atoms with van der Waals surface area (Å²) in [5, 5.41) is 20.7. The summed E-state index contributed by atoms with van der Waals surface area (Å²) in [7, 11) is 0. The standard InChI is InChI=1S/C24H36Cl2N2O3/c1-14-17-7-5-6-16(8-10-24(3,4)31)18(17)9-11-28(14)21(30)12-19-20(25)13-27-23(15(2)29)22(19)26/h13-18,29,31H,5-12H2,1-4H3/t14-,15?,16-,17+,18-/m0/s1. The zero-order valence-electron chi connectivity index (χ0n) is 19.1. The average Bonchev–Trinajstić information content (AvgIpc) is 2.69. The summed E-state index contributed by atoms with van der Waals surface area (Å²) in [5.74, 6) is 1.76. The summed E-state index contributed by atoms with van der Waals surface area (Å²) in [6.07, 6.45) is 7.19. The monoisotopic (exact) mass is 470 g/mol. The fraction of sp³-hybridized carbons (Fsp3) is 0.750. The van der Waals surface area contributed by atoms with Crippen LogP contribution in [0, 0.1) is 17.8 Å². The summed E-state index contributed by atoms with van der Waals surface area (Å²) < 4.78 is 0. The van der Waals surface area contributed by atoms with Gasteiger partial charge in [0.1, 0.15) is 0 Å². The molecule has 0 spiro atoms. The normalized spacial score (nSPS) is 27.7. The van der Waals surface area contributed by atoms with Crippen LogP contribution < -0.4 is 0 Å². The molecule has 5 nitrogen and oxygen atoms in total. The first kappa shape index (κ1) is 24.8. The van der Waals surface area contributed by atoms with Crippen LogP contribution in [0.15, 0.2) is 6.20 Å². The molecule has 5 atom stereocenters. The fourth-order valence-electron chi connectivity index (χ4n) is 5.64. The molecule has 2 heterocycles. The lowest BCUT2D eigenvalue weighted by molar-refractivity contribution is -0.138. The number of likely N-dealkylation sites (tertiary alicyclic amines) is 1. The van der Waals surface area contributed by atoms with E-state index in [1.165, 1.54) is 19.0 Å². The Balaban J connectivity index is 1.71. The molecule has 1 saturated carbocycles. The molecular weight excluding hydrogens is 435 g/mol. The number of aliphatic hydroxyl groups is 2. The predicted octanol–water partition coefficient (Wildman–Crippen LogP) is 5.19. The van der Waals surface area contributed by atoms with Gasteiger partial charge in [-0.15, -0.1) is 0 Å².